The molecular weight excluding hydrogens is 428 g/mol. The number of Topliss-reactive ketones (excluding diaryl/α,β-unsaturated/α-hetero) is 1. The van der Waals surface area contributed by atoms with E-state index in [9.17, 15) is 4.79 Å². The Morgan fingerprint density at radius 2 is 1.22 bits per heavy atom. The average Bonchev–Trinajstić information content (AvgIpc) is 3.10. The maximum Gasteiger partial charge on any atom is 0.194 e. The molecule has 3 heteroatoms. The van der Waals surface area contributed by atoms with E-state index >= 15 is 0 Å². The zero-order valence-electron chi connectivity index (χ0n) is 18.8. The first-order chi connectivity index (χ1) is 15.6. The monoisotopic (exact) mass is 456 g/mol. The Morgan fingerprint density at radius 3 is 1.78 bits per heavy atom. The summed E-state index contributed by atoms with van der Waals surface area (Å²) in [6, 6.07) is 30.8. The molecule has 1 nitrogen and oxygen atoms in total. The normalized spacial score (nSPS) is 18.3. The Hall–Kier alpha value is -2.49. The summed E-state index contributed by atoms with van der Waals surface area (Å²) in [7, 11) is 0. The predicted octanol–water partition coefficient (Wildman–Crippen LogP) is 8.01. The molecule has 1 unspecified atom stereocenters. The summed E-state index contributed by atoms with van der Waals surface area (Å²) < 4.78 is 0. The summed E-state index contributed by atoms with van der Waals surface area (Å²) in [5.74, 6) is 1.97. The van der Waals surface area contributed by atoms with Crippen molar-refractivity contribution in [3.63, 3.8) is 0 Å². The van der Waals surface area contributed by atoms with Gasteiger partial charge < -0.3 is 0 Å². The second-order valence-electron chi connectivity index (χ2n) is 7.83. The summed E-state index contributed by atoms with van der Waals surface area (Å²) in [5.41, 5.74) is 4.68. The molecule has 1 aliphatic rings. The number of thioether (sulfide) groups is 2. The zero-order valence-corrected chi connectivity index (χ0v) is 20.4. The first-order valence-electron chi connectivity index (χ1n) is 11.1. The van der Waals surface area contributed by atoms with Crippen LogP contribution in [-0.4, -0.2) is 17.3 Å². The highest BCUT2D eigenvalue weighted by Gasteiger charge is 2.47. The minimum Gasteiger partial charge on any atom is -0.289 e. The number of benzene rings is 3. The van der Waals surface area contributed by atoms with Gasteiger partial charge in [-0.05, 0) is 29.6 Å². The Kier molecular flexibility index (Phi) is 7.07. The average molecular weight is 457 g/mol. The lowest BCUT2D eigenvalue weighted by Gasteiger charge is -2.32. The second kappa shape index (κ2) is 9.97. The maximum absolute atomic E-state index is 14.1. The zero-order chi connectivity index (χ0) is 22.6. The largest absolute Gasteiger partial charge is 0.289 e. The molecule has 4 rings (SSSR count). The molecule has 3 aromatic rings. The van der Waals surface area contributed by atoms with E-state index in [0.29, 0.717) is 0 Å². The number of carbonyl (C=O) groups excluding carboxylic acids is 1. The molecule has 162 valence electrons. The minimum absolute atomic E-state index is 0.106. The van der Waals surface area contributed by atoms with Gasteiger partial charge in [-0.3, -0.25) is 4.79 Å². The predicted molar refractivity (Wildman–Crippen MR) is 141 cm³/mol. The molecule has 0 fully saturated rings. The van der Waals surface area contributed by atoms with Gasteiger partial charge in [0.15, 0.2) is 5.78 Å². The number of hydrogen-bond donors (Lipinski definition) is 0. The van der Waals surface area contributed by atoms with Crippen molar-refractivity contribution in [3.8, 4) is 0 Å². The number of rotatable bonds is 8. The van der Waals surface area contributed by atoms with Gasteiger partial charge in [-0.2, -0.15) is 0 Å². The molecule has 0 saturated carbocycles. The topological polar surface area (TPSA) is 17.1 Å². The van der Waals surface area contributed by atoms with E-state index in [0.717, 1.165) is 38.7 Å². The van der Waals surface area contributed by atoms with Crippen molar-refractivity contribution in [2.45, 2.75) is 26.2 Å². The van der Waals surface area contributed by atoms with Gasteiger partial charge in [0.2, 0.25) is 0 Å². The van der Waals surface area contributed by atoms with Crippen LogP contribution in [0.25, 0.3) is 5.57 Å². The van der Waals surface area contributed by atoms with Crippen molar-refractivity contribution >= 4 is 34.9 Å². The van der Waals surface area contributed by atoms with E-state index in [-0.39, 0.29) is 11.2 Å². The van der Waals surface area contributed by atoms with Crippen molar-refractivity contribution in [2.24, 2.45) is 0 Å². The van der Waals surface area contributed by atoms with Crippen molar-refractivity contribution in [3.05, 3.63) is 123 Å². The van der Waals surface area contributed by atoms with Gasteiger partial charge in [0.25, 0.3) is 0 Å². The van der Waals surface area contributed by atoms with Gasteiger partial charge in [0.05, 0.1) is 5.41 Å². The highest BCUT2D eigenvalue weighted by atomic mass is 32.2. The quantitative estimate of drug-likeness (QED) is 0.320. The molecule has 0 saturated heterocycles. The molecule has 0 radical (unpaired) electrons. The molecule has 3 aromatic carbocycles. The first-order valence-corrected chi connectivity index (χ1v) is 13.1. The summed E-state index contributed by atoms with van der Waals surface area (Å²) in [5, 5.41) is 0. The SMILES string of the molecule is CCSC1=C(C(=O)c2ccccc2)C(c2ccccc2)=C(SCC)C1(C)c1ccccc1. The van der Waals surface area contributed by atoms with Crippen molar-refractivity contribution in [1.82, 2.24) is 0 Å². The van der Waals surface area contributed by atoms with E-state index in [1.54, 1.807) is 11.8 Å². The van der Waals surface area contributed by atoms with E-state index in [4.69, 9.17) is 0 Å². The third kappa shape index (κ3) is 4.00. The number of carbonyl (C=O) groups is 1. The van der Waals surface area contributed by atoms with Crippen molar-refractivity contribution in [1.29, 1.82) is 0 Å². The van der Waals surface area contributed by atoms with Crippen LogP contribution in [0.5, 0.6) is 0 Å². The lowest BCUT2D eigenvalue weighted by atomic mass is 9.83. The molecule has 0 bridgehead atoms. The molecule has 32 heavy (non-hydrogen) atoms. The molecule has 0 aromatic heterocycles. The maximum atomic E-state index is 14.1. The summed E-state index contributed by atoms with van der Waals surface area (Å²) in [6.45, 7) is 6.66. The van der Waals surface area contributed by atoms with Crippen LogP contribution in [0, 0.1) is 0 Å². The van der Waals surface area contributed by atoms with Crippen LogP contribution in [-0.2, 0) is 5.41 Å². The summed E-state index contributed by atoms with van der Waals surface area (Å²) in [4.78, 5) is 16.5. The Labute approximate surface area is 200 Å². The van der Waals surface area contributed by atoms with Crippen LogP contribution < -0.4 is 0 Å². The molecule has 0 spiro atoms. The molecule has 0 aliphatic heterocycles. The first kappa shape index (κ1) is 22.7. The standard InChI is InChI=1S/C29H28OS2/c1-4-31-27-24(21-15-9-6-10-16-21)25(26(30)22-17-11-7-12-18-22)28(32-5-2)29(27,3)23-19-13-8-14-20-23/h6-20H,4-5H2,1-3H3. The Balaban J connectivity index is 2.07. The van der Waals surface area contributed by atoms with Crippen molar-refractivity contribution in [2.75, 3.05) is 11.5 Å². The van der Waals surface area contributed by atoms with E-state index < -0.39 is 0 Å². The van der Waals surface area contributed by atoms with Gasteiger partial charge in [0, 0.05) is 26.5 Å². The van der Waals surface area contributed by atoms with Gasteiger partial charge in [0.1, 0.15) is 0 Å². The molecule has 0 heterocycles. The van der Waals surface area contributed by atoms with Crippen LogP contribution >= 0.6 is 23.5 Å². The Bertz CT molecular complexity index is 1150. The smallest absolute Gasteiger partial charge is 0.194 e. The highest BCUT2D eigenvalue weighted by Crippen LogP contribution is 2.59. The molecule has 0 amide bonds. The molecule has 1 atom stereocenters. The van der Waals surface area contributed by atoms with Crippen LogP contribution in [0.15, 0.2) is 106 Å². The van der Waals surface area contributed by atoms with Crippen LogP contribution in [0.2, 0.25) is 0 Å². The number of hydrogen-bond acceptors (Lipinski definition) is 3. The number of ketones is 1. The lowest BCUT2D eigenvalue weighted by Crippen LogP contribution is -2.23. The molecule has 0 N–H and O–H groups in total. The lowest BCUT2D eigenvalue weighted by molar-refractivity contribution is 0.103. The second-order valence-corrected chi connectivity index (χ2v) is 10.4. The Morgan fingerprint density at radius 1 is 0.719 bits per heavy atom. The highest BCUT2D eigenvalue weighted by molar-refractivity contribution is 8.04. The van der Waals surface area contributed by atoms with Crippen LogP contribution in [0.4, 0.5) is 0 Å². The third-order valence-corrected chi connectivity index (χ3v) is 8.25. The fourth-order valence-corrected chi connectivity index (χ4v) is 6.78. The summed E-state index contributed by atoms with van der Waals surface area (Å²) in [6.07, 6.45) is 0. The number of allylic oxidation sites excluding steroid dienone is 4. The van der Waals surface area contributed by atoms with E-state index in [2.05, 4.69) is 75.4 Å². The van der Waals surface area contributed by atoms with Crippen LogP contribution in [0.3, 0.4) is 0 Å². The van der Waals surface area contributed by atoms with E-state index in [1.165, 1.54) is 10.5 Å². The molecule has 1 aliphatic carbocycles. The minimum atomic E-state index is -0.354. The third-order valence-electron chi connectivity index (χ3n) is 5.87. The van der Waals surface area contributed by atoms with Gasteiger partial charge in [-0.1, -0.05) is 105 Å². The van der Waals surface area contributed by atoms with Crippen molar-refractivity contribution < 1.29 is 4.79 Å². The van der Waals surface area contributed by atoms with Gasteiger partial charge >= 0.3 is 0 Å². The fraction of sp³-hybridized carbons (Fsp3) is 0.207. The van der Waals surface area contributed by atoms with Gasteiger partial charge in [-0.15, -0.1) is 23.5 Å². The van der Waals surface area contributed by atoms with E-state index in [1.807, 2.05) is 48.2 Å². The molecular formula is C29H28OS2. The summed E-state index contributed by atoms with van der Waals surface area (Å²) >= 11 is 3.67. The fourth-order valence-electron chi connectivity index (χ4n) is 4.42. The van der Waals surface area contributed by atoms with Gasteiger partial charge in [-0.25, -0.2) is 0 Å². The van der Waals surface area contributed by atoms with Crippen LogP contribution in [0.1, 0.15) is 42.3 Å².